The highest BCUT2D eigenvalue weighted by molar-refractivity contribution is 6.10. The van der Waals surface area contributed by atoms with E-state index in [0.717, 1.165) is 0 Å². The Kier molecular flexibility index (Phi) is 5.59. The Hall–Kier alpha value is -2.97. The highest BCUT2D eigenvalue weighted by atomic mass is 19.1. The monoisotopic (exact) mass is 364 g/mol. The SMILES string of the molecule is CC(C)CNC(=O)NC(=O)CN1C(=O)N[C@](C)(c2ccccc2F)C1=O. The molecule has 1 heterocycles. The lowest BCUT2D eigenvalue weighted by molar-refractivity contribution is -0.134. The van der Waals surface area contributed by atoms with Crippen LogP contribution in [-0.4, -0.2) is 41.9 Å². The first kappa shape index (κ1) is 19.4. The van der Waals surface area contributed by atoms with E-state index in [4.69, 9.17) is 0 Å². The molecular weight excluding hydrogens is 343 g/mol. The Morgan fingerprint density at radius 1 is 1.27 bits per heavy atom. The van der Waals surface area contributed by atoms with Crippen molar-refractivity contribution in [3.63, 3.8) is 0 Å². The molecule has 0 aromatic heterocycles. The zero-order chi connectivity index (χ0) is 19.5. The van der Waals surface area contributed by atoms with Gasteiger partial charge in [0, 0.05) is 12.1 Å². The van der Waals surface area contributed by atoms with Crippen LogP contribution in [0.1, 0.15) is 26.3 Å². The third-order valence-electron chi connectivity index (χ3n) is 3.91. The number of amides is 6. The van der Waals surface area contributed by atoms with E-state index >= 15 is 0 Å². The van der Waals surface area contributed by atoms with Gasteiger partial charge in [-0.1, -0.05) is 32.0 Å². The molecule has 0 spiro atoms. The Labute approximate surface area is 150 Å². The van der Waals surface area contributed by atoms with Crippen LogP contribution in [0.25, 0.3) is 0 Å². The number of imide groups is 2. The molecule has 0 bridgehead atoms. The second kappa shape index (κ2) is 7.51. The predicted molar refractivity (Wildman–Crippen MR) is 90.4 cm³/mol. The van der Waals surface area contributed by atoms with E-state index < -0.39 is 41.8 Å². The number of carbonyl (C=O) groups is 4. The highest BCUT2D eigenvalue weighted by Gasteiger charge is 2.50. The third kappa shape index (κ3) is 3.98. The quantitative estimate of drug-likeness (QED) is 0.679. The molecule has 1 fully saturated rings. The summed E-state index contributed by atoms with van der Waals surface area (Å²) >= 11 is 0. The average molecular weight is 364 g/mol. The molecule has 8 nitrogen and oxygen atoms in total. The van der Waals surface area contributed by atoms with E-state index in [1.54, 1.807) is 0 Å². The largest absolute Gasteiger partial charge is 0.338 e. The minimum absolute atomic E-state index is 0.00376. The fourth-order valence-electron chi connectivity index (χ4n) is 2.54. The van der Waals surface area contributed by atoms with Crippen LogP contribution < -0.4 is 16.0 Å². The van der Waals surface area contributed by atoms with Crippen molar-refractivity contribution in [3.05, 3.63) is 35.6 Å². The minimum atomic E-state index is -1.62. The molecule has 1 aliphatic rings. The fraction of sp³-hybridized carbons (Fsp3) is 0.412. The maximum Gasteiger partial charge on any atom is 0.325 e. The molecular formula is C17H21FN4O4. The second-order valence-electron chi connectivity index (χ2n) is 6.58. The summed E-state index contributed by atoms with van der Waals surface area (Å²) in [5, 5.41) is 6.93. The lowest BCUT2D eigenvalue weighted by Crippen LogP contribution is -2.47. The molecule has 0 radical (unpaired) electrons. The maximum atomic E-state index is 14.0. The smallest absolute Gasteiger partial charge is 0.325 e. The van der Waals surface area contributed by atoms with Crippen LogP contribution in [0, 0.1) is 11.7 Å². The van der Waals surface area contributed by atoms with E-state index in [9.17, 15) is 23.6 Å². The van der Waals surface area contributed by atoms with Crippen molar-refractivity contribution in [1.82, 2.24) is 20.9 Å². The van der Waals surface area contributed by atoms with Crippen LogP contribution in [-0.2, 0) is 15.1 Å². The van der Waals surface area contributed by atoms with Gasteiger partial charge >= 0.3 is 12.1 Å². The van der Waals surface area contributed by atoms with Crippen molar-refractivity contribution < 1.29 is 23.6 Å². The standard InChI is InChI=1S/C17H21FN4O4/c1-10(2)8-19-15(25)20-13(23)9-22-14(24)17(3,21-16(22)26)11-6-4-5-7-12(11)18/h4-7,10H,8-9H2,1-3H3,(H,21,26)(H2,19,20,23,25)/t17-/m1/s1. The van der Waals surface area contributed by atoms with Gasteiger partial charge in [0.15, 0.2) is 0 Å². The van der Waals surface area contributed by atoms with Gasteiger partial charge in [-0.25, -0.2) is 14.0 Å². The van der Waals surface area contributed by atoms with Gasteiger partial charge < -0.3 is 10.6 Å². The molecule has 0 aliphatic carbocycles. The molecule has 1 atom stereocenters. The molecule has 1 aromatic carbocycles. The van der Waals surface area contributed by atoms with Crippen molar-refractivity contribution in [2.45, 2.75) is 26.3 Å². The first-order valence-electron chi connectivity index (χ1n) is 8.12. The Bertz CT molecular complexity index is 752. The number of halogens is 1. The van der Waals surface area contributed by atoms with Gasteiger partial charge in [0.25, 0.3) is 5.91 Å². The molecule has 0 unspecified atom stereocenters. The van der Waals surface area contributed by atoms with Crippen LogP contribution in [0.5, 0.6) is 0 Å². The average Bonchev–Trinajstić information content (AvgIpc) is 2.77. The summed E-state index contributed by atoms with van der Waals surface area (Å²) in [6, 6.07) is 4.01. The van der Waals surface area contributed by atoms with E-state index in [2.05, 4.69) is 10.6 Å². The molecule has 2 rings (SSSR count). The Balaban J connectivity index is 2.06. The number of urea groups is 2. The van der Waals surface area contributed by atoms with E-state index in [-0.39, 0.29) is 11.5 Å². The van der Waals surface area contributed by atoms with Crippen molar-refractivity contribution in [3.8, 4) is 0 Å². The van der Waals surface area contributed by atoms with Crippen LogP contribution in [0.2, 0.25) is 0 Å². The summed E-state index contributed by atoms with van der Waals surface area (Å²) in [7, 11) is 0. The van der Waals surface area contributed by atoms with Crippen LogP contribution in [0.3, 0.4) is 0 Å². The molecule has 140 valence electrons. The van der Waals surface area contributed by atoms with Gasteiger partial charge in [-0.15, -0.1) is 0 Å². The van der Waals surface area contributed by atoms with Gasteiger partial charge in [-0.3, -0.25) is 19.8 Å². The number of nitrogens with zero attached hydrogens (tertiary/aromatic N) is 1. The zero-order valence-electron chi connectivity index (χ0n) is 14.8. The number of rotatable bonds is 5. The number of hydrogen-bond donors (Lipinski definition) is 3. The van der Waals surface area contributed by atoms with E-state index in [1.165, 1.54) is 31.2 Å². The first-order valence-corrected chi connectivity index (χ1v) is 8.12. The predicted octanol–water partition coefficient (Wildman–Crippen LogP) is 1.07. The fourth-order valence-corrected chi connectivity index (χ4v) is 2.54. The molecule has 9 heteroatoms. The van der Waals surface area contributed by atoms with Crippen LogP contribution in [0.4, 0.5) is 14.0 Å². The third-order valence-corrected chi connectivity index (χ3v) is 3.91. The molecule has 1 aromatic rings. The Morgan fingerprint density at radius 3 is 2.54 bits per heavy atom. The lowest BCUT2D eigenvalue weighted by Gasteiger charge is -2.22. The van der Waals surface area contributed by atoms with E-state index in [0.29, 0.717) is 11.4 Å². The summed E-state index contributed by atoms with van der Waals surface area (Å²) in [5.74, 6) is -2.05. The Morgan fingerprint density at radius 2 is 1.92 bits per heavy atom. The topological polar surface area (TPSA) is 108 Å². The normalized spacial score (nSPS) is 19.5. The van der Waals surface area contributed by atoms with Gasteiger partial charge in [0.05, 0.1) is 0 Å². The zero-order valence-corrected chi connectivity index (χ0v) is 14.8. The molecule has 3 N–H and O–H groups in total. The van der Waals surface area contributed by atoms with Crippen LogP contribution >= 0.6 is 0 Å². The molecule has 1 saturated heterocycles. The summed E-state index contributed by atoms with van der Waals surface area (Å²) in [5.41, 5.74) is -1.63. The summed E-state index contributed by atoms with van der Waals surface area (Å²) in [6.45, 7) is 4.86. The maximum absolute atomic E-state index is 14.0. The summed E-state index contributed by atoms with van der Waals surface area (Å²) in [6.07, 6.45) is 0. The van der Waals surface area contributed by atoms with Gasteiger partial charge in [0.2, 0.25) is 5.91 Å². The number of hydrogen-bond acceptors (Lipinski definition) is 4. The lowest BCUT2D eigenvalue weighted by atomic mass is 9.91. The molecule has 6 amide bonds. The number of benzene rings is 1. The second-order valence-corrected chi connectivity index (χ2v) is 6.58. The number of carbonyl (C=O) groups excluding carboxylic acids is 4. The summed E-state index contributed by atoms with van der Waals surface area (Å²) < 4.78 is 14.0. The van der Waals surface area contributed by atoms with Crippen molar-refractivity contribution in [1.29, 1.82) is 0 Å². The number of nitrogens with one attached hydrogen (secondary N) is 3. The van der Waals surface area contributed by atoms with E-state index in [1.807, 2.05) is 19.2 Å². The molecule has 0 saturated carbocycles. The van der Waals surface area contributed by atoms with Gasteiger partial charge in [0.1, 0.15) is 17.9 Å². The van der Waals surface area contributed by atoms with Crippen molar-refractivity contribution in [2.24, 2.45) is 5.92 Å². The summed E-state index contributed by atoms with van der Waals surface area (Å²) in [4.78, 5) is 48.9. The van der Waals surface area contributed by atoms with Crippen LogP contribution in [0.15, 0.2) is 24.3 Å². The van der Waals surface area contributed by atoms with Gasteiger partial charge in [-0.05, 0) is 18.9 Å². The highest BCUT2D eigenvalue weighted by Crippen LogP contribution is 2.30. The van der Waals surface area contributed by atoms with Crippen molar-refractivity contribution in [2.75, 3.05) is 13.1 Å². The minimum Gasteiger partial charge on any atom is -0.338 e. The molecule has 1 aliphatic heterocycles. The molecule has 26 heavy (non-hydrogen) atoms. The van der Waals surface area contributed by atoms with Crippen molar-refractivity contribution >= 4 is 23.9 Å². The van der Waals surface area contributed by atoms with Gasteiger partial charge in [-0.2, -0.15) is 0 Å². The first-order chi connectivity index (χ1) is 12.1.